The molecule has 7 nitrogen and oxygen atoms in total. The van der Waals surface area contributed by atoms with Gasteiger partial charge in [0.2, 0.25) is 11.8 Å². The molecule has 1 aromatic rings. The third-order valence-corrected chi connectivity index (χ3v) is 6.67. The summed E-state index contributed by atoms with van der Waals surface area (Å²) < 4.78 is 0. The van der Waals surface area contributed by atoms with Crippen molar-refractivity contribution in [2.75, 3.05) is 19.6 Å². The highest BCUT2D eigenvalue weighted by Crippen LogP contribution is 2.29. The van der Waals surface area contributed by atoms with Crippen molar-refractivity contribution < 1.29 is 14.4 Å². The second-order valence-corrected chi connectivity index (χ2v) is 8.71. The summed E-state index contributed by atoms with van der Waals surface area (Å²) in [6, 6.07) is 5.26. The van der Waals surface area contributed by atoms with Crippen molar-refractivity contribution in [1.82, 2.24) is 20.9 Å². The van der Waals surface area contributed by atoms with Crippen LogP contribution in [0.5, 0.6) is 0 Å². The van der Waals surface area contributed by atoms with Crippen LogP contribution in [0, 0.1) is 5.92 Å². The van der Waals surface area contributed by atoms with Crippen molar-refractivity contribution in [3.05, 3.63) is 34.9 Å². The number of carbonyl (C=O) groups excluding carboxylic acids is 3. The number of rotatable bonds is 8. The Bertz CT molecular complexity index is 804. The molecular formula is C23H32N4O3. The fourth-order valence-electron chi connectivity index (χ4n) is 4.89. The molecule has 3 aliphatic rings. The number of hydrogen-bond donors (Lipinski definition) is 3. The first-order chi connectivity index (χ1) is 14.6. The van der Waals surface area contributed by atoms with Crippen molar-refractivity contribution in [1.29, 1.82) is 0 Å². The number of nitrogens with zero attached hydrogens (tertiary/aromatic N) is 1. The molecule has 0 radical (unpaired) electrons. The zero-order valence-electron chi connectivity index (χ0n) is 17.5. The van der Waals surface area contributed by atoms with Crippen LogP contribution in [-0.4, -0.2) is 48.3 Å². The number of nitrogens with one attached hydrogen (secondary N) is 3. The molecule has 3 N–H and O–H groups in total. The zero-order valence-corrected chi connectivity index (χ0v) is 17.5. The molecule has 2 fully saturated rings. The third-order valence-electron chi connectivity index (χ3n) is 6.67. The Kier molecular flexibility index (Phi) is 6.79. The van der Waals surface area contributed by atoms with E-state index in [2.05, 4.69) is 22.0 Å². The summed E-state index contributed by atoms with van der Waals surface area (Å²) in [4.78, 5) is 38.1. The van der Waals surface area contributed by atoms with Crippen LogP contribution in [0.3, 0.4) is 0 Å². The van der Waals surface area contributed by atoms with Gasteiger partial charge < -0.3 is 15.5 Å². The number of fused-ring (bicyclic) bond motifs is 1. The van der Waals surface area contributed by atoms with E-state index in [-0.39, 0.29) is 24.1 Å². The van der Waals surface area contributed by atoms with E-state index in [0.717, 1.165) is 43.2 Å². The van der Waals surface area contributed by atoms with Crippen molar-refractivity contribution in [3.63, 3.8) is 0 Å². The summed E-state index contributed by atoms with van der Waals surface area (Å²) in [5, 5.41) is 9.30. The molecule has 0 bridgehead atoms. The molecule has 0 aliphatic carbocycles. The van der Waals surface area contributed by atoms with Crippen LogP contribution in [0.15, 0.2) is 18.2 Å². The summed E-state index contributed by atoms with van der Waals surface area (Å²) in [7, 11) is 0. The summed E-state index contributed by atoms with van der Waals surface area (Å²) in [6.07, 6.45) is 7.03. The number of piperidine rings is 2. The van der Waals surface area contributed by atoms with E-state index in [4.69, 9.17) is 0 Å². The van der Waals surface area contributed by atoms with Crippen LogP contribution in [0.1, 0.15) is 66.4 Å². The molecule has 0 spiro atoms. The monoisotopic (exact) mass is 412 g/mol. The number of amides is 3. The Balaban J connectivity index is 1.27. The Labute approximate surface area is 178 Å². The maximum atomic E-state index is 12.9. The molecule has 3 aliphatic heterocycles. The van der Waals surface area contributed by atoms with E-state index in [1.165, 1.54) is 32.1 Å². The van der Waals surface area contributed by atoms with E-state index in [9.17, 15) is 14.4 Å². The first-order valence-corrected chi connectivity index (χ1v) is 11.3. The number of carbonyl (C=O) groups is 3. The molecule has 1 aromatic carbocycles. The first-order valence-electron chi connectivity index (χ1n) is 11.3. The van der Waals surface area contributed by atoms with Gasteiger partial charge in [0.05, 0.1) is 0 Å². The largest absolute Gasteiger partial charge is 0.322 e. The number of benzene rings is 1. The third kappa shape index (κ3) is 4.73. The topological polar surface area (TPSA) is 90.5 Å². The Morgan fingerprint density at radius 1 is 1.07 bits per heavy atom. The summed E-state index contributed by atoms with van der Waals surface area (Å²) in [5.74, 6) is 0.155. The van der Waals surface area contributed by atoms with E-state index < -0.39 is 6.04 Å². The van der Waals surface area contributed by atoms with Gasteiger partial charge in [-0.15, -0.1) is 0 Å². The lowest BCUT2D eigenvalue weighted by Gasteiger charge is -2.29. The minimum Gasteiger partial charge on any atom is -0.322 e. The quantitative estimate of drug-likeness (QED) is 0.447. The predicted molar refractivity (Wildman–Crippen MR) is 114 cm³/mol. The molecule has 1 unspecified atom stereocenters. The molecule has 30 heavy (non-hydrogen) atoms. The highest BCUT2D eigenvalue weighted by Gasteiger charge is 2.39. The van der Waals surface area contributed by atoms with Crippen molar-refractivity contribution in [2.24, 2.45) is 5.92 Å². The van der Waals surface area contributed by atoms with Crippen molar-refractivity contribution in [3.8, 4) is 0 Å². The average Bonchev–Trinajstić information content (AvgIpc) is 3.08. The fraction of sp³-hybridized carbons (Fsp3) is 0.609. The molecule has 162 valence electrons. The molecule has 0 saturated carbocycles. The Hall–Kier alpha value is -2.25. The van der Waals surface area contributed by atoms with Crippen molar-refractivity contribution in [2.45, 2.75) is 64.1 Å². The first kappa shape index (κ1) is 21.0. The standard InChI is InChI=1S/C23H32N4O3/c28-21-8-7-20(22(29)26-21)27-15-19-17(5-3-6-18(19)23(27)30)14-25-11-2-1-4-16-9-12-24-13-10-16/h3,5-6,16,20,24-25H,1-2,4,7-15H2,(H,26,28,29). The molecule has 3 amide bonds. The Morgan fingerprint density at radius 3 is 2.70 bits per heavy atom. The smallest absolute Gasteiger partial charge is 0.255 e. The van der Waals surface area contributed by atoms with E-state index in [0.29, 0.717) is 18.5 Å². The minimum absolute atomic E-state index is 0.108. The maximum Gasteiger partial charge on any atom is 0.255 e. The summed E-state index contributed by atoms with van der Waals surface area (Å²) >= 11 is 0. The van der Waals surface area contributed by atoms with Gasteiger partial charge in [0.1, 0.15) is 6.04 Å². The summed E-state index contributed by atoms with van der Waals surface area (Å²) in [5.41, 5.74) is 2.81. The van der Waals surface area contributed by atoms with Gasteiger partial charge in [0, 0.05) is 25.1 Å². The predicted octanol–water partition coefficient (Wildman–Crippen LogP) is 1.71. The van der Waals surface area contributed by atoms with Gasteiger partial charge >= 0.3 is 0 Å². The number of unbranched alkanes of at least 4 members (excludes halogenated alkanes) is 1. The average molecular weight is 413 g/mol. The molecule has 3 heterocycles. The Morgan fingerprint density at radius 2 is 1.90 bits per heavy atom. The second-order valence-electron chi connectivity index (χ2n) is 8.71. The highest BCUT2D eigenvalue weighted by atomic mass is 16.2. The van der Waals surface area contributed by atoms with Crippen LogP contribution in [0.4, 0.5) is 0 Å². The number of imide groups is 1. The lowest BCUT2D eigenvalue weighted by Crippen LogP contribution is -2.52. The maximum absolute atomic E-state index is 12.9. The van der Waals surface area contributed by atoms with Crippen LogP contribution in [0.25, 0.3) is 0 Å². The number of hydrogen-bond acceptors (Lipinski definition) is 5. The van der Waals surface area contributed by atoms with Crippen LogP contribution in [-0.2, 0) is 22.7 Å². The van der Waals surface area contributed by atoms with Gasteiger partial charge in [0.15, 0.2) is 0 Å². The molecule has 1 atom stereocenters. The van der Waals surface area contributed by atoms with Gasteiger partial charge in [-0.1, -0.05) is 25.0 Å². The van der Waals surface area contributed by atoms with Crippen LogP contribution >= 0.6 is 0 Å². The van der Waals surface area contributed by atoms with Gasteiger partial charge in [0.25, 0.3) is 5.91 Å². The van der Waals surface area contributed by atoms with Gasteiger partial charge in [-0.05, 0) is 68.4 Å². The minimum atomic E-state index is -0.557. The zero-order chi connectivity index (χ0) is 20.9. The van der Waals surface area contributed by atoms with Gasteiger partial charge in [-0.25, -0.2) is 0 Å². The molecule has 2 saturated heterocycles. The van der Waals surface area contributed by atoms with Crippen LogP contribution in [0.2, 0.25) is 0 Å². The van der Waals surface area contributed by atoms with E-state index in [1.54, 1.807) is 4.90 Å². The molecule has 4 rings (SSSR count). The van der Waals surface area contributed by atoms with Crippen LogP contribution < -0.4 is 16.0 Å². The molecule has 0 aromatic heterocycles. The van der Waals surface area contributed by atoms with E-state index >= 15 is 0 Å². The molecular weight excluding hydrogens is 380 g/mol. The lowest BCUT2D eigenvalue weighted by molar-refractivity contribution is -0.136. The summed E-state index contributed by atoms with van der Waals surface area (Å²) in [6.45, 7) is 4.47. The van der Waals surface area contributed by atoms with E-state index in [1.807, 2.05) is 12.1 Å². The SMILES string of the molecule is O=C1CCC(N2Cc3c(CNCCCCC4CCNCC4)cccc3C2=O)C(=O)N1. The van der Waals surface area contributed by atoms with Crippen molar-refractivity contribution >= 4 is 17.7 Å². The fourth-order valence-corrected chi connectivity index (χ4v) is 4.89. The van der Waals surface area contributed by atoms with Gasteiger partial charge in [-0.2, -0.15) is 0 Å². The second kappa shape index (κ2) is 9.71. The normalized spacial score (nSPS) is 22.3. The molecule has 7 heteroatoms. The van der Waals surface area contributed by atoms with Gasteiger partial charge in [-0.3, -0.25) is 19.7 Å². The lowest BCUT2D eigenvalue weighted by atomic mass is 9.92. The highest BCUT2D eigenvalue weighted by molar-refractivity contribution is 6.05.